The smallest absolute Gasteiger partial charge is 0.180 e. The molecule has 0 aliphatic rings. The summed E-state index contributed by atoms with van der Waals surface area (Å²) in [6.07, 6.45) is 3.10. The maximum atomic E-state index is 4.12. The molecule has 0 bridgehead atoms. The SMILES string of the molecule is SCc1ncnc2nc[nH]c12. The van der Waals surface area contributed by atoms with Gasteiger partial charge in [-0.3, -0.25) is 0 Å². The third-order valence-corrected chi connectivity index (χ3v) is 1.75. The maximum Gasteiger partial charge on any atom is 0.180 e. The molecule has 0 aromatic carbocycles. The molecule has 0 radical (unpaired) electrons. The highest BCUT2D eigenvalue weighted by Crippen LogP contribution is 2.10. The lowest BCUT2D eigenvalue weighted by Crippen LogP contribution is -1.88. The zero-order valence-corrected chi connectivity index (χ0v) is 6.55. The normalized spacial score (nSPS) is 10.6. The molecule has 56 valence electrons. The molecular formula is C6H6N4S. The molecule has 2 aromatic rings. The molecule has 2 heterocycles. The Balaban J connectivity index is 2.79. The van der Waals surface area contributed by atoms with Gasteiger partial charge < -0.3 is 4.98 Å². The molecule has 0 atom stereocenters. The second-order valence-electron chi connectivity index (χ2n) is 2.08. The zero-order chi connectivity index (χ0) is 7.68. The number of hydrogen-bond donors (Lipinski definition) is 2. The van der Waals surface area contributed by atoms with Gasteiger partial charge in [0.2, 0.25) is 0 Å². The van der Waals surface area contributed by atoms with Crippen molar-refractivity contribution in [1.82, 2.24) is 19.9 Å². The van der Waals surface area contributed by atoms with Crippen molar-refractivity contribution in [1.29, 1.82) is 0 Å². The van der Waals surface area contributed by atoms with Gasteiger partial charge in [0.15, 0.2) is 5.65 Å². The third kappa shape index (κ3) is 0.970. The molecule has 0 amide bonds. The van der Waals surface area contributed by atoms with Crippen LogP contribution in [0.3, 0.4) is 0 Å². The number of aromatic nitrogens is 4. The largest absolute Gasteiger partial charge is 0.342 e. The van der Waals surface area contributed by atoms with Crippen LogP contribution in [0.4, 0.5) is 0 Å². The molecule has 0 fully saturated rings. The van der Waals surface area contributed by atoms with Crippen LogP contribution in [-0.2, 0) is 5.75 Å². The molecule has 2 rings (SSSR count). The topological polar surface area (TPSA) is 54.5 Å². The summed E-state index contributed by atoms with van der Waals surface area (Å²) in [5.41, 5.74) is 2.46. The van der Waals surface area contributed by atoms with Gasteiger partial charge in [-0.25, -0.2) is 15.0 Å². The van der Waals surface area contributed by atoms with E-state index in [1.165, 1.54) is 6.33 Å². The van der Waals surface area contributed by atoms with E-state index in [1.807, 2.05) is 0 Å². The minimum Gasteiger partial charge on any atom is -0.342 e. The van der Waals surface area contributed by atoms with E-state index in [4.69, 9.17) is 0 Å². The molecule has 0 saturated heterocycles. The first-order valence-corrected chi connectivity index (χ1v) is 3.79. The van der Waals surface area contributed by atoms with Gasteiger partial charge in [0.1, 0.15) is 11.8 Å². The summed E-state index contributed by atoms with van der Waals surface area (Å²) in [6.45, 7) is 0. The Bertz CT molecular complexity index is 369. The van der Waals surface area contributed by atoms with Gasteiger partial charge in [0.05, 0.1) is 12.0 Å². The van der Waals surface area contributed by atoms with Crippen molar-refractivity contribution < 1.29 is 0 Å². The standard InChI is InChI=1S/C6H6N4S/c11-1-4-5-6(9-2-7-4)10-3-8-5/h2-3,11H,1H2,(H,7,8,9,10). The Labute approximate surface area is 68.5 Å². The van der Waals surface area contributed by atoms with Crippen LogP contribution in [0.1, 0.15) is 5.69 Å². The van der Waals surface area contributed by atoms with Crippen LogP contribution in [0.15, 0.2) is 12.7 Å². The van der Waals surface area contributed by atoms with E-state index in [2.05, 4.69) is 32.6 Å². The van der Waals surface area contributed by atoms with Gasteiger partial charge in [-0.2, -0.15) is 12.6 Å². The number of rotatable bonds is 1. The molecule has 2 aromatic heterocycles. The number of aromatic amines is 1. The van der Waals surface area contributed by atoms with Gasteiger partial charge in [0.25, 0.3) is 0 Å². The summed E-state index contributed by atoms with van der Waals surface area (Å²) in [6, 6.07) is 0. The minimum absolute atomic E-state index is 0.598. The number of nitrogens with one attached hydrogen (secondary N) is 1. The van der Waals surface area contributed by atoms with Crippen LogP contribution in [0.5, 0.6) is 0 Å². The third-order valence-electron chi connectivity index (χ3n) is 1.45. The fourth-order valence-electron chi connectivity index (χ4n) is 0.935. The summed E-state index contributed by atoms with van der Waals surface area (Å²) in [7, 11) is 0. The maximum absolute atomic E-state index is 4.12. The molecular weight excluding hydrogens is 160 g/mol. The van der Waals surface area contributed by atoms with Crippen LogP contribution >= 0.6 is 12.6 Å². The molecule has 0 unspecified atom stereocenters. The van der Waals surface area contributed by atoms with Crippen LogP contribution in [-0.4, -0.2) is 19.9 Å². The fourth-order valence-corrected chi connectivity index (χ4v) is 1.17. The molecule has 0 aliphatic carbocycles. The van der Waals surface area contributed by atoms with Gasteiger partial charge >= 0.3 is 0 Å². The summed E-state index contributed by atoms with van der Waals surface area (Å²) in [4.78, 5) is 14.9. The number of thiol groups is 1. The van der Waals surface area contributed by atoms with Crippen molar-refractivity contribution in [3.63, 3.8) is 0 Å². The summed E-state index contributed by atoms with van der Waals surface area (Å²) in [5.74, 6) is 0.598. The number of nitrogens with zero attached hydrogens (tertiary/aromatic N) is 3. The molecule has 4 nitrogen and oxygen atoms in total. The Morgan fingerprint density at radius 1 is 1.36 bits per heavy atom. The van der Waals surface area contributed by atoms with E-state index >= 15 is 0 Å². The number of imidazole rings is 1. The van der Waals surface area contributed by atoms with Crippen molar-refractivity contribution in [3.8, 4) is 0 Å². The predicted octanol–water partition coefficient (Wildman–Crippen LogP) is 0.783. The summed E-state index contributed by atoms with van der Waals surface area (Å²) >= 11 is 4.12. The Morgan fingerprint density at radius 3 is 3.09 bits per heavy atom. The molecule has 0 saturated carbocycles. The van der Waals surface area contributed by atoms with Gasteiger partial charge in [-0.15, -0.1) is 0 Å². The number of H-pyrrole nitrogens is 1. The van der Waals surface area contributed by atoms with Crippen molar-refractivity contribution in [2.45, 2.75) is 5.75 Å². The van der Waals surface area contributed by atoms with Gasteiger partial charge in [0, 0.05) is 5.75 Å². The second-order valence-corrected chi connectivity index (χ2v) is 2.40. The van der Waals surface area contributed by atoms with Crippen LogP contribution in [0.25, 0.3) is 11.2 Å². The Hall–Kier alpha value is -1.10. The Kier molecular flexibility index (Phi) is 1.50. The predicted molar refractivity (Wildman–Crippen MR) is 44.4 cm³/mol. The second kappa shape index (κ2) is 2.50. The average molecular weight is 166 g/mol. The monoisotopic (exact) mass is 166 g/mol. The summed E-state index contributed by atoms with van der Waals surface area (Å²) < 4.78 is 0. The molecule has 1 N–H and O–H groups in total. The van der Waals surface area contributed by atoms with E-state index in [0.717, 1.165) is 11.2 Å². The first-order valence-electron chi connectivity index (χ1n) is 3.15. The summed E-state index contributed by atoms with van der Waals surface area (Å²) in [5, 5.41) is 0. The number of fused-ring (bicyclic) bond motifs is 1. The van der Waals surface area contributed by atoms with Crippen molar-refractivity contribution in [3.05, 3.63) is 18.3 Å². The lowest BCUT2D eigenvalue weighted by atomic mass is 10.4. The number of hydrogen-bond acceptors (Lipinski definition) is 4. The highest BCUT2D eigenvalue weighted by atomic mass is 32.1. The Morgan fingerprint density at radius 2 is 2.27 bits per heavy atom. The van der Waals surface area contributed by atoms with E-state index in [9.17, 15) is 0 Å². The van der Waals surface area contributed by atoms with Crippen molar-refractivity contribution >= 4 is 23.8 Å². The van der Waals surface area contributed by atoms with E-state index < -0.39 is 0 Å². The molecule has 0 aliphatic heterocycles. The highest BCUT2D eigenvalue weighted by molar-refractivity contribution is 7.79. The highest BCUT2D eigenvalue weighted by Gasteiger charge is 2.01. The van der Waals surface area contributed by atoms with Crippen molar-refractivity contribution in [2.24, 2.45) is 0 Å². The van der Waals surface area contributed by atoms with Gasteiger partial charge in [-0.1, -0.05) is 0 Å². The molecule has 11 heavy (non-hydrogen) atoms. The average Bonchev–Trinajstić information content (AvgIpc) is 2.50. The molecule has 5 heteroatoms. The van der Waals surface area contributed by atoms with Crippen LogP contribution in [0.2, 0.25) is 0 Å². The fraction of sp³-hybridized carbons (Fsp3) is 0.167. The molecule has 0 spiro atoms. The first kappa shape index (κ1) is 6.60. The van der Waals surface area contributed by atoms with E-state index in [0.29, 0.717) is 11.4 Å². The zero-order valence-electron chi connectivity index (χ0n) is 5.65. The van der Waals surface area contributed by atoms with Crippen molar-refractivity contribution in [2.75, 3.05) is 0 Å². The van der Waals surface area contributed by atoms with E-state index in [1.54, 1.807) is 6.33 Å². The lowest BCUT2D eigenvalue weighted by Gasteiger charge is -1.93. The van der Waals surface area contributed by atoms with E-state index in [-0.39, 0.29) is 0 Å². The van der Waals surface area contributed by atoms with Crippen LogP contribution in [0, 0.1) is 0 Å². The first-order chi connectivity index (χ1) is 5.42. The van der Waals surface area contributed by atoms with Gasteiger partial charge in [-0.05, 0) is 0 Å². The lowest BCUT2D eigenvalue weighted by molar-refractivity contribution is 1.12. The quantitative estimate of drug-likeness (QED) is 0.615. The van der Waals surface area contributed by atoms with Crippen LogP contribution < -0.4 is 0 Å². The minimum atomic E-state index is 0.598.